The Kier molecular flexibility index (Phi) is 6.70. The molecule has 6 rings (SSSR count). The zero-order valence-corrected chi connectivity index (χ0v) is 22.3. The molecule has 0 aliphatic carbocycles. The van der Waals surface area contributed by atoms with Gasteiger partial charge in [-0.15, -0.1) is 0 Å². The quantitative estimate of drug-likeness (QED) is 0.379. The van der Waals surface area contributed by atoms with Gasteiger partial charge in [-0.05, 0) is 49.2 Å². The summed E-state index contributed by atoms with van der Waals surface area (Å²) < 4.78 is 7.80. The Hall–Kier alpha value is -4.30. The lowest BCUT2D eigenvalue weighted by Gasteiger charge is -2.38. The number of nitrogens with zero attached hydrogens (tertiary/aromatic N) is 4. The van der Waals surface area contributed by atoms with Crippen molar-refractivity contribution < 1.29 is 14.6 Å². The summed E-state index contributed by atoms with van der Waals surface area (Å²) in [6, 6.07) is 23.3. The second-order valence-corrected chi connectivity index (χ2v) is 10.1. The third kappa shape index (κ3) is 4.72. The number of hydrogen-bond acceptors (Lipinski definition) is 6. The van der Waals surface area contributed by atoms with Gasteiger partial charge in [0, 0.05) is 38.4 Å². The number of allylic oxidation sites excluding steroid dienone is 1. The predicted octanol–water partition coefficient (Wildman–Crippen LogP) is 4.77. The van der Waals surface area contributed by atoms with E-state index in [0.717, 1.165) is 41.9 Å². The van der Waals surface area contributed by atoms with Gasteiger partial charge in [0.15, 0.2) is 11.5 Å². The number of aromatic hydroxyl groups is 1. The summed E-state index contributed by atoms with van der Waals surface area (Å²) in [7, 11) is 0. The highest BCUT2D eigenvalue weighted by Gasteiger charge is 2.37. The molecule has 8 heteroatoms. The van der Waals surface area contributed by atoms with E-state index in [-0.39, 0.29) is 11.7 Å². The number of fused-ring (bicyclic) bond motifs is 3. The summed E-state index contributed by atoms with van der Waals surface area (Å²) in [5, 5.41) is 13.8. The van der Waals surface area contributed by atoms with Crippen LogP contribution in [-0.4, -0.2) is 63.2 Å². The Bertz CT molecular complexity index is 1540. The Morgan fingerprint density at radius 3 is 2.54 bits per heavy atom. The number of rotatable bonds is 6. The molecule has 4 aromatic rings. The van der Waals surface area contributed by atoms with Crippen LogP contribution in [0, 0.1) is 0 Å². The zero-order chi connectivity index (χ0) is 26.9. The van der Waals surface area contributed by atoms with Crippen LogP contribution in [0.5, 0.6) is 11.5 Å². The number of anilines is 1. The van der Waals surface area contributed by atoms with E-state index in [1.807, 2.05) is 61.2 Å². The van der Waals surface area contributed by atoms with E-state index in [1.165, 1.54) is 5.56 Å². The second kappa shape index (κ2) is 10.5. The molecule has 1 unspecified atom stereocenters. The number of imidazole rings is 1. The van der Waals surface area contributed by atoms with E-state index in [9.17, 15) is 9.90 Å². The number of phenols is 1. The fraction of sp³-hybridized carbons (Fsp3) is 0.290. The molecule has 0 spiro atoms. The monoisotopic (exact) mass is 523 g/mol. The Morgan fingerprint density at radius 2 is 1.77 bits per heavy atom. The van der Waals surface area contributed by atoms with Crippen LogP contribution in [0.15, 0.2) is 84.1 Å². The van der Waals surface area contributed by atoms with Gasteiger partial charge in [0.1, 0.15) is 0 Å². The van der Waals surface area contributed by atoms with Crippen LogP contribution in [-0.2, 0) is 11.3 Å². The molecule has 8 nitrogen and oxygen atoms in total. The first-order valence-electron chi connectivity index (χ1n) is 13.5. The number of amides is 1. The number of ether oxygens (including phenoxy) is 1. The summed E-state index contributed by atoms with van der Waals surface area (Å²) in [5.41, 5.74) is 5.38. The van der Waals surface area contributed by atoms with Crippen LogP contribution in [0.4, 0.5) is 5.95 Å². The molecule has 2 aliphatic heterocycles. The number of carbonyl (C=O) groups is 1. The van der Waals surface area contributed by atoms with Gasteiger partial charge >= 0.3 is 0 Å². The number of aromatic nitrogens is 2. The molecular weight excluding hydrogens is 490 g/mol. The van der Waals surface area contributed by atoms with E-state index in [0.29, 0.717) is 37.0 Å². The molecule has 0 bridgehead atoms. The van der Waals surface area contributed by atoms with Crippen LogP contribution < -0.4 is 10.1 Å². The van der Waals surface area contributed by atoms with Crippen LogP contribution in [0.3, 0.4) is 0 Å². The molecule has 200 valence electrons. The lowest BCUT2D eigenvalue weighted by molar-refractivity contribution is -0.129. The lowest BCUT2D eigenvalue weighted by Crippen LogP contribution is -2.49. The van der Waals surface area contributed by atoms with Gasteiger partial charge in [-0.1, -0.05) is 48.5 Å². The van der Waals surface area contributed by atoms with E-state index < -0.39 is 6.04 Å². The van der Waals surface area contributed by atoms with Crippen LogP contribution in [0.1, 0.15) is 31.0 Å². The fourth-order valence-electron chi connectivity index (χ4n) is 5.65. The second-order valence-electron chi connectivity index (χ2n) is 10.1. The van der Waals surface area contributed by atoms with E-state index >= 15 is 0 Å². The number of piperazine rings is 1. The highest BCUT2D eigenvalue weighted by Crippen LogP contribution is 2.42. The average Bonchev–Trinajstić information content (AvgIpc) is 3.32. The van der Waals surface area contributed by atoms with Crippen LogP contribution in [0.2, 0.25) is 0 Å². The molecule has 0 saturated carbocycles. The van der Waals surface area contributed by atoms with E-state index in [1.54, 1.807) is 6.07 Å². The minimum Gasteiger partial charge on any atom is -0.504 e. The Labute approximate surface area is 228 Å². The molecule has 2 N–H and O–H groups in total. The van der Waals surface area contributed by atoms with Crippen molar-refractivity contribution >= 4 is 22.9 Å². The van der Waals surface area contributed by atoms with Crippen LogP contribution >= 0.6 is 0 Å². The summed E-state index contributed by atoms with van der Waals surface area (Å²) in [5.74, 6) is 1.18. The van der Waals surface area contributed by atoms with Crippen molar-refractivity contribution in [3.63, 3.8) is 0 Å². The number of benzene rings is 3. The Morgan fingerprint density at radius 1 is 1.03 bits per heavy atom. The standard InChI is InChI=1S/C31H33N5O3/c1-3-39-27-19-23(13-14-26(27)37)29-28(21(2)32-31-33-24-11-7-8-12-25(24)36(29)31)30(38)35-17-15-34(16-18-35)20-22-9-5-4-6-10-22/h4-14,19,29,37H,3,15-18,20H2,1-2H3,(H,32,33). The number of carbonyl (C=O) groups excluding carboxylic acids is 1. The highest BCUT2D eigenvalue weighted by atomic mass is 16.5. The maximum Gasteiger partial charge on any atom is 0.254 e. The summed E-state index contributed by atoms with van der Waals surface area (Å²) in [6.45, 7) is 8.09. The maximum absolute atomic E-state index is 14.3. The van der Waals surface area contributed by atoms with Crippen molar-refractivity contribution in [3.8, 4) is 11.5 Å². The molecule has 1 atom stereocenters. The normalized spacial score (nSPS) is 17.7. The molecule has 2 aliphatic rings. The van der Waals surface area contributed by atoms with Gasteiger partial charge in [-0.2, -0.15) is 0 Å². The molecule has 1 amide bonds. The topological polar surface area (TPSA) is 82.9 Å². The number of nitrogens with one attached hydrogen (secondary N) is 1. The smallest absolute Gasteiger partial charge is 0.254 e. The SMILES string of the molecule is CCOc1cc(C2C(C(=O)N3CCN(Cc4ccccc4)CC3)=C(C)Nc3nc4ccccc4n32)ccc1O. The van der Waals surface area contributed by atoms with Crippen LogP contribution in [0.25, 0.3) is 11.0 Å². The van der Waals surface area contributed by atoms with E-state index in [2.05, 4.69) is 39.0 Å². The summed E-state index contributed by atoms with van der Waals surface area (Å²) in [6.07, 6.45) is 0. The average molecular weight is 524 g/mol. The molecule has 3 aromatic carbocycles. The predicted molar refractivity (Wildman–Crippen MR) is 152 cm³/mol. The first-order chi connectivity index (χ1) is 19.0. The van der Waals surface area contributed by atoms with Gasteiger partial charge in [0.2, 0.25) is 5.95 Å². The van der Waals surface area contributed by atoms with Crippen molar-refractivity contribution in [1.82, 2.24) is 19.4 Å². The van der Waals surface area contributed by atoms with E-state index in [4.69, 9.17) is 9.72 Å². The van der Waals surface area contributed by atoms with Gasteiger partial charge in [0.05, 0.1) is 29.3 Å². The minimum atomic E-state index is -0.427. The van der Waals surface area contributed by atoms with Gasteiger partial charge in [-0.25, -0.2) is 4.98 Å². The molecule has 39 heavy (non-hydrogen) atoms. The molecule has 1 fully saturated rings. The highest BCUT2D eigenvalue weighted by molar-refractivity contribution is 5.98. The summed E-state index contributed by atoms with van der Waals surface area (Å²) >= 11 is 0. The lowest BCUT2D eigenvalue weighted by atomic mass is 9.93. The number of phenolic OH excluding ortho intramolecular Hbond substituents is 1. The molecule has 3 heterocycles. The van der Waals surface area contributed by atoms with Crippen molar-refractivity contribution in [2.24, 2.45) is 0 Å². The number of para-hydroxylation sites is 2. The third-order valence-corrected chi connectivity index (χ3v) is 7.57. The van der Waals surface area contributed by atoms with Gasteiger partial charge in [-0.3, -0.25) is 14.3 Å². The molecular formula is C31H33N5O3. The molecule has 0 radical (unpaired) electrons. The van der Waals surface area contributed by atoms with Crippen molar-refractivity contribution in [1.29, 1.82) is 0 Å². The summed E-state index contributed by atoms with van der Waals surface area (Å²) in [4.78, 5) is 23.4. The molecule has 1 saturated heterocycles. The first kappa shape index (κ1) is 25.0. The zero-order valence-electron chi connectivity index (χ0n) is 22.3. The van der Waals surface area contributed by atoms with Crippen molar-refractivity contribution in [2.75, 3.05) is 38.1 Å². The fourth-order valence-corrected chi connectivity index (χ4v) is 5.65. The molecule has 1 aromatic heterocycles. The minimum absolute atomic E-state index is 0.0128. The van der Waals surface area contributed by atoms with Crippen molar-refractivity contribution in [2.45, 2.75) is 26.4 Å². The largest absolute Gasteiger partial charge is 0.504 e. The van der Waals surface area contributed by atoms with Crippen molar-refractivity contribution in [3.05, 3.63) is 95.2 Å². The Balaban J connectivity index is 1.34. The number of hydrogen-bond donors (Lipinski definition) is 2. The maximum atomic E-state index is 14.3. The van der Waals surface area contributed by atoms with Gasteiger partial charge in [0.25, 0.3) is 5.91 Å². The third-order valence-electron chi connectivity index (χ3n) is 7.57. The first-order valence-corrected chi connectivity index (χ1v) is 13.5. The van der Waals surface area contributed by atoms with Gasteiger partial charge < -0.3 is 20.1 Å².